The van der Waals surface area contributed by atoms with Crippen LogP contribution in [0.5, 0.6) is 5.88 Å². The van der Waals surface area contributed by atoms with E-state index >= 15 is 0 Å². The van der Waals surface area contributed by atoms with Gasteiger partial charge in [-0.1, -0.05) is 0 Å². The topological polar surface area (TPSA) is 89.0 Å². The molecule has 0 aliphatic carbocycles. The average molecular weight is 452 g/mol. The van der Waals surface area contributed by atoms with E-state index in [0.29, 0.717) is 16.1 Å². The van der Waals surface area contributed by atoms with Crippen molar-refractivity contribution in [1.82, 2.24) is 15.0 Å². The molecule has 0 spiro atoms. The Labute approximate surface area is 187 Å². The summed E-state index contributed by atoms with van der Waals surface area (Å²) in [6.07, 6.45) is 3.35. The Balaban J connectivity index is 1.71. The first kappa shape index (κ1) is 21.6. The van der Waals surface area contributed by atoms with Gasteiger partial charge in [-0.2, -0.15) is 0 Å². The molecule has 32 heavy (non-hydrogen) atoms. The van der Waals surface area contributed by atoms with Gasteiger partial charge in [0.25, 0.3) is 0 Å². The second-order valence-electron chi connectivity index (χ2n) is 7.25. The fourth-order valence-corrected chi connectivity index (χ4v) is 4.40. The van der Waals surface area contributed by atoms with E-state index in [1.165, 1.54) is 19.2 Å². The number of anilines is 2. The van der Waals surface area contributed by atoms with Crippen molar-refractivity contribution in [3.63, 3.8) is 0 Å². The molecule has 0 radical (unpaired) electrons. The highest BCUT2D eigenvalue weighted by atomic mass is 32.2. The Hall–Kier alpha value is -3.59. The lowest BCUT2D eigenvalue weighted by atomic mass is 10.0. The number of nitrogens with one attached hydrogen (secondary N) is 2. The molecule has 164 valence electrons. The van der Waals surface area contributed by atoms with Gasteiger partial charge >= 0.3 is 0 Å². The summed E-state index contributed by atoms with van der Waals surface area (Å²) < 4.78 is 35.5. The average Bonchev–Trinajstić information content (AvgIpc) is 2.77. The summed E-state index contributed by atoms with van der Waals surface area (Å²) in [6.45, 7) is 3.71. The predicted molar refractivity (Wildman–Crippen MR) is 125 cm³/mol. The zero-order valence-electron chi connectivity index (χ0n) is 18.1. The van der Waals surface area contributed by atoms with Gasteiger partial charge in [0.1, 0.15) is 16.5 Å². The van der Waals surface area contributed by atoms with Crippen LogP contribution in [0.15, 0.2) is 53.7 Å². The number of hydrogen-bond donors (Lipinski definition) is 2. The molecule has 9 heteroatoms. The summed E-state index contributed by atoms with van der Waals surface area (Å²) in [5.74, 6) is 0.512. The number of ether oxygens (including phenoxy) is 1. The maximum absolute atomic E-state index is 14.5. The fraction of sp³-hybridized carbons (Fsp3) is 0.174. The smallest absolute Gasteiger partial charge is 0.231 e. The van der Waals surface area contributed by atoms with Gasteiger partial charge in [-0.3, -0.25) is 4.98 Å². The van der Waals surface area contributed by atoms with Crippen LogP contribution in [-0.4, -0.2) is 33.3 Å². The number of halogens is 1. The molecular weight excluding hydrogens is 429 g/mol. The highest BCUT2D eigenvalue weighted by Gasteiger charge is 2.15. The maximum atomic E-state index is 14.5. The number of rotatable bonds is 6. The first-order valence-electron chi connectivity index (χ1n) is 9.83. The van der Waals surface area contributed by atoms with E-state index in [2.05, 4.69) is 25.0 Å². The van der Waals surface area contributed by atoms with Crippen LogP contribution < -0.4 is 14.8 Å². The first-order valence-corrected chi connectivity index (χ1v) is 11.0. The van der Waals surface area contributed by atoms with Crippen molar-refractivity contribution in [2.24, 2.45) is 0 Å². The Morgan fingerprint density at radius 3 is 2.59 bits per heavy atom. The lowest BCUT2D eigenvalue weighted by molar-refractivity contribution is 0.386. The lowest BCUT2D eigenvalue weighted by Gasteiger charge is -2.13. The molecule has 3 heterocycles. The largest absolute Gasteiger partial charge is 0.480 e. The Kier molecular flexibility index (Phi) is 6.00. The SMILES string of the molecule is CNc1cc2nc(C)c(-c3cc(F)cc(NS(=O)c4cc(C)cnc4OC)c3)cc2cn1. The molecule has 4 aromatic rings. The lowest BCUT2D eigenvalue weighted by Crippen LogP contribution is -2.08. The number of methoxy groups -OCH3 is 1. The van der Waals surface area contributed by atoms with Gasteiger partial charge in [0.05, 0.1) is 18.3 Å². The molecule has 0 fully saturated rings. The molecular formula is C23H22FN5O2S. The summed E-state index contributed by atoms with van der Waals surface area (Å²) in [7, 11) is 1.56. The van der Waals surface area contributed by atoms with Crippen molar-refractivity contribution in [1.29, 1.82) is 0 Å². The van der Waals surface area contributed by atoms with Gasteiger partial charge in [0.2, 0.25) is 5.88 Å². The van der Waals surface area contributed by atoms with E-state index in [9.17, 15) is 8.60 Å². The zero-order chi connectivity index (χ0) is 22.8. The highest BCUT2D eigenvalue weighted by Crippen LogP contribution is 2.30. The van der Waals surface area contributed by atoms with Crippen molar-refractivity contribution in [3.8, 4) is 17.0 Å². The van der Waals surface area contributed by atoms with Crippen LogP contribution in [0.2, 0.25) is 0 Å². The zero-order valence-corrected chi connectivity index (χ0v) is 18.9. The molecule has 2 N–H and O–H groups in total. The molecule has 0 aliphatic heterocycles. The van der Waals surface area contributed by atoms with Crippen LogP contribution in [0.25, 0.3) is 22.0 Å². The van der Waals surface area contributed by atoms with Crippen LogP contribution in [-0.2, 0) is 11.0 Å². The number of nitrogens with zero attached hydrogens (tertiary/aromatic N) is 3. The Morgan fingerprint density at radius 1 is 1.03 bits per heavy atom. The summed E-state index contributed by atoms with van der Waals surface area (Å²) in [6, 6.07) is 9.96. The predicted octanol–water partition coefficient (Wildman–Crippen LogP) is 4.63. The number of benzene rings is 1. The third-order valence-corrected chi connectivity index (χ3v) is 6.03. The van der Waals surface area contributed by atoms with E-state index in [1.807, 2.05) is 26.0 Å². The second kappa shape index (κ2) is 8.88. The van der Waals surface area contributed by atoms with Gasteiger partial charge in [-0.15, -0.1) is 0 Å². The molecule has 0 amide bonds. The molecule has 4 rings (SSSR count). The minimum absolute atomic E-state index is 0.251. The van der Waals surface area contributed by atoms with Gasteiger partial charge in [0, 0.05) is 42.2 Å². The second-order valence-corrected chi connectivity index (χ2v) is 8.43. The minimum atomic E-state index is -1.70. The molecule has 0 aliphatic rings. The van der Waals surface area contributed by atoms with Crippen molar-refractivity contribution >= 4 is 33.4 Å². The molecule has 0 saturated heterocycles. The number of aryl methyl sites for hydroxylation is 2. The van der Waals surface area contributed by atoms with Gasteiger partial charge in [0.15, 0.2) is 11.0 Å². The summed E-state index contributed by atoms with van der Waals surface area (Å²) in [4.78, 5) is 13.5. The standard InChI is InChI=1S/C23H22FN5O2S/c1-13-5-21(23(31-4)27-11-13)32(30)29-18-7-15(6-17(24)9-18)19-8-16-12-26-22(25-3)10-20(16)28-14(19)2/h5-12,29H,1-4H3,(H,25,26). The molecule has 0 bridgehead atoms. The van der Waals surface area contributed by atoms with Gasteiger partial charge in [-0.05, 0) is 55.3 Å². The minimum Gasteiger partial charge on any atom is -0.480 e. The summed E-state index contributed by atoms with van der Waals surface area (Å²) >= 11 is 0. The normalized spacial score (nSPS) is 11.9. The van der Waals surface area contributed by atoms with E-state index in [4.69, 9.17) is 4.74 Å². The molecule has 7 nitrogen and oxygen atoms in total. The maximum Gasteiger partial charge on any atom is 0.231 e. The molecule has 1 aromatic carbocycles. The van der Waals surface area contributed by atoms with E-state index in [0.717, 1.165) is 33.5 Å². The van der Waals surface area contributed by atoms with Crippen LogP contribution in [0.4, 0.5) is 15.9 Å². The fourth-order valence-electron chi connectivity index (χ4n) is 3.38. The van der Waals surface area contributed by atoms with Crippen LogP contribution in [0, 0.1) is 19.7 Å². The third kappa shape index (κ3) is 4.38. The van der Waals surface area contributed by atoms with Gasteiger partial charge < -0.3 is 14.8 Å². The number of hydrogen-bond acceptors (Lipinski definition) is 6. The summed E-state index contributed by atoms with van der Waals surface area (Å²) in [5, 5.41) is 3.83. The van der Waals surface area contributed by atoms with Crippen LogP contribution in [0.3, 0.4) is 0 Å². The van der Waals surface area contributed by atoms with Gasteiger partial charge in [-0.25, -0.2) is 18.6 Å². The highest BCUT2D eigenvalue weighted by molar-refractivity contribution is 7.86. The number of aromatic nitrogens is 3. The van der Waals surface area contributed by atoms with Crippen molar-refractivity contribution in [3.05, 3.63) is 65.9 Å². The van der Waals surface area contributed by atoms with E-state index in [1.54, 1.807) is 31.6 Å². The van der Waals surface area contributed by atoms with E-state index in [-0.39, 0.29) is 5.88 Å². The van der Waals surface area contributed by atoms with Crippen molar-refractivity contribution in [2.45, 2.75) is 18.7 Å². The Bertz CT molecular complexity index is 1350. The van der Waals surface area contributed by atoms with Crippen molar-refractivity contribution in [2.75, 3.05) is 24.2 Å². The van der Waals surface area contributed by atoms with Crippen LogP contribution >= 0.6 is 0 Å². The number of pyridine rings is 3. The van der Waals surface area contributed by atoms with Crippen LogP contribution in [0.1, 0.15) is 11.3 Å². The van der Waals surface area contributed by atoms with Crippen molar-refractivity contribution < 1.29 is 13.3 Å². The molecule has 0 saturated carbocycles. The molecule has 1 unspecified atom stereocenters. The first-order chi connectivity index (χ1) is 15.4. The monoisotopic (exact) mass is 451 g/mol. The third-order valence-electron chi connectivity index (χ3n) is 4.91. The quantitative estimate of drug-likeness (QED) is 0.444. The summed E-state index contributed by atoms with van der Waals surface area (Å²) in [5.41, 5.74) is 4.12. The molecule has 3 aromatic heterocycles. The van der Waals surface area contributed by atoms with E-state index < -0.39 is 16.8 Å². The molecule has 1 atom stereocenters. The Morgan fingerprint density at radius 2 is 1.84 bits per heavy atom. The number of fused-ring (bicyclic) bond motifs is 1.